The van der Waals surface area contributed by atoms with E-state index in [1.165, 1.54) is 6.08 Å². The van der Waals surface area contributed by atoms with Crippen molar-refractivity contribution in [2.75, 3.05) is 31.1 Å². The third-order valence-corrected chi connectivity index (χ3v) is 4.62. The van der Waals surface area contributed by atoms with E-state index in [0.29, 0.717) is 28.7 Å². The zero-order valence-corrected chi connectivity index (χ0v) is 14.5. The van der Waals surface area contributed by atoms with E-state index in [-0.39, 0.29) is 5.91 Å². The number of carbonyl (C=O) groups excluding carboxylic acids is 1. The quantitative estimate of drug-likeness (QED) is 0.781. The molecule has 1 amide bonds. The van der Waals surface area contributed by atoms with E-state index >= 15 is 0 Å². The van der Waals surface area contributed by atoms with Crippen LogP contribution in [0.4, 0.5) is 5.82 Å². The zero-order valence-electron chi connectivity index (χ0n) is 13.0. The summed E-state index contributed by atoms with van der Waals surface area (Å²) in [6.07, 6.45) is 4.99. The second kappa shape index (κ2) is 7.69. The van der Waals surface area contributed by atoms with Crippen molar-refractivity contribution in [3.63, 3.8) is 0 Å². The van der Waals surface area contributed by atoms with Crippen molar-refractivity contribution in [3.8, 4) is 0 Å². The number of benzene rings is 1. The Morgan fingerprint density at radius 3 is 2.33 bits per heavy atom. The maximum absolute atomic E-state index is 12.4. The molecule has 1 fully saturated rings. The predicted molar refractivity (Wildman–Crippen MR) is 98.5 cm³/mol. The van der Waals surface area contributed by atoms with Crippen molar-refractivity contribution in [3.05, 3.63) is 64.3 Å². The molecule has 0 bridgehead atoms. The lowest BCUT2D eigenvalue weighted by atomic mass is 10.2. The highest BCUT2D eigenvalue weighted by molar-refractivity contribution is 6.37. The maximum atomic E-state index is 12.4. The lowest BCUT2D eigenvalue weighted by Gasteiger charge is -2.34. The van der Waals surface area contributed by atoms with Gasteiger partial charge in [-0.3, -0.25) is 4.79 Å². The van der Waals surface area contributed by atoms with Gasteiger partial charge in [0.15, 0.2) is 0 Å². The fraction of sp³-hybridized carbons (Fsp3) is 0.222. The predicted octanol–water partition coefficient (Wildman–Crippen LogP) is 3.75. The molecular weight excluding hydrogens is 345 g/mol. The van der Waals surface area contributed by atoms with E-state index in [0.717, 1.165) is 18.9 Å². The van der Waals surface area contributed by atoms with Crippen LogP contribution >= 0.6 is 23.2 Å². The molecule has 0 aliphatic carbocycles. The van der Waals surface area contributed by atoms with Gasteiger partial charge in [-0.25, -0.2) is 4.98 Å². The number of pyridine rings is 1. The molecule has 124 valence electrons. The average Bonchev–Trinajstić information content (AvgIpc) is 2.62. The Labute approximate surface area is 151 Å². The summed E-state index contributed by atoms with van der Waals surface area (Å²) in [6.45, 7) is 2.86. The van der Waals surface area contributed by atoms with Gasteiger partial charge in [0.05, 0.1) is 0 Å². The molecule has 0 saturated carbocycles. The molecule has 0 radical (unpaired) electrons. The molecule has 0 spiro atoms. The first-order chi connectivity index (χ1) is 11.6. The highest BCUT2D eigenvalue weighted by Gasteiger charge is 2.20. The minimum Gasteiger partial charge on any atom is -0.353 e. The molecule has 4 nitrogen and oxygen atoms in total. The Kier molecular flexibility index (Phi) is 5.38. The molecule has 1 saturated heterocycles. The second-order valence-corrected chi connectivity index (χ2v) is 6.28. The van der Waals surface area contributed by atoms with Crippen LogP contribution < -0.4 is 4.90 Å². The highest BCUT2D eigenvalue weighted by atomic mass is 35.5. The summed E-state index contributed by atoms with van der Waals surface area (Å²) in [5.74, 6) is 0.912. The number of hydrogen-bond acceptors (Lipinski definition) is 3. The summed E-state index contributed by atoms with van der Waals surface area (Å²) in [7, 11) is 0. The summed E-state index contributed by atoms with van der Waals surface area (Å²) in [5, 5.41) is 1.07. The zero-order chi connectivity index (χ0) is 16.9. The molecule has 1 aliphatic rings. The van der Waals surface area contributed by atoms with Gasteiger partial charge in [0.2, 0.25) is 5.91 Å². The Hall–Kier alpha value is -2.04. The Morgan fingerprint density at radius 1 is 1.00 bits per heavy atom. The lowest BCUT2D eigenvalue weighted by molar-refractivity contribution is -0.126. The van der Waals surface area contributed by atoms with Crippen molar-refractivity contribution in [1.82, 2.24) is 9.88 Å². The molecule has 0 unspecified atom stereocenters. The van der Waals surface area contributed by atoms with Crippen molar-refractivity contribution < 1.29 is 4.79 Å². The van der Waals surface area contributed by atoms with Crippen molar-refractivity contribution in [1.29, 1.82) is 0 Å². The maximum Gasteiger partial charge on any atom is 0.246 e. The minimum atomic E-state index is -0.0355. The fourth-order valence-electron chi connectivity index (χ4n) is 2.63. The van der Waals surface area contributed by atoms with Gasteiger partial charge in [-0.15, -0.1) is 0 Å². The first kappa shape index (κ1) is 16.8. The smallest absolute Gasteiger partial charge is 0.246 e. The van der Waals surface area contributed by atoms with E-state index in [1.54, 1.807) is 30.5 Å². The van der Waals surface area contributed by atoms with Gasteiger partial charge in [-0.05, 0) is 30.3 Å². The SMILES string of the molecule is O=C(/C=C/c1c(Cl)cccc1Cl)N1CCN(c2ccccn2)CC1. The van der Waals surface area contributed by atoms with E-state index in [4.69, 9.17) is 23.2 Å². The van der Waals surface area contributed by atoms with Crippen LogP contribution in [0.1, 0.15) is 5.56 Å². The van der Waals surface area contributed by atoms with Gasteiger partial charge < -0.3 is 9.80 Å². The molecule has 6 heteroatoms. The number of amides is 1. The van der Waals surface area contributed by atoms with Crippen molar-refractivity contribution in [2.45, 2.75) is 0 Å². The highest BCUT2D eigenvalue weighted by Crippen LogP contribution is 2.25. The second-order valence-electron chi connectivity index (χ2n) is 5.47. The molecule has 1 aliphatic heterocycles. The van der Waals surface area contributed by atoms with E-state index in [2.05, 4.69) is 9.88 Å². The summed E-state index contributed by atoms with van der Waals surface area (Å²) in [5.41, 5.74) is 0.668. The van der Waals surface area contributed by atoms with Gasteiger partial charge in [0, 0.05) is 54.1 Å². The van der Waals surface area contributed by atoms with Gasteiger partial charge in [-0.2, -0.15) is 0 Å². The molecule has 2 aromatic rings. The first-order valence-electron chi connectivity index (χ1n) is 7.72. The lowest BCUT2D eigenvalue weighted by Crippen LogP contribution is -2.48. The van der Waals surface area contributed by atoms with Crippen LogP contribution in [-0.2, 0) is 4.79 Å². The topological polar surface area (TPSA) is 36.4 Å². The van der Waals surface area contributed by atoms with E-state index < -0.39 is 0 Å². The Bertz CT molecular complexity index is 721. The molecule has 1 aromatic carbocycles. The molecule has 1 aromatic heterocycles. The van der Waals surface area contributed by atoms with Crippen LogP contribution in [0, 0.1) is 0 Å². The van der Waals surface area contributed by atoms with Crippen LogP contribution in [0.25, 0.3) is 6.08 Å². The summed E-state index contributed by atoms with van der Waals surface area (Å²) in [6, 6.07) is 11.1. The molecule has 24 heavy (non-hydrogen) atoms. The molecule has 2 heterocycles. The minimum absolute atomic E-state index is 0.0355. The van der Waals surface area contributed by atoms with Crippen LogP contribution in [0.2, 0.25) is 10.0 Å². The summed E-state index contributed by atoms with van der Waals surface area (Å²) >= 11 is 12.2. The molecule has 3 rings (SSSR count). The molecule has 0 atom stereocenters. The normalized spacial score (nSPS) is 15.1. The fourth-order valence-corrected chi connectivity index (χ4v) is 3.15. The largest absolute Gasteiger partial charge is 0.353 e. The van der Waals surface area contributed by atoms with E-state index in [1.807, 2.05) is 23.1 Å². The van der Waals surface area contributed by atoms with Crippen molar-refractivity contribution in [2.24, 2.45) is 0 Å². The van der Waals surface area contributed by atoms with Crippen molar-refractivity contribution >= 4 is 41.0 Å². The van der Waals surface area contributed by atoms with Gasteiger partial charge >= 0.3 is 0 Å². The third-order valence-electron chi connectivity index (χ3n) is 3.96. The number of carbonyl (C=O) groups is 1. The standard InChI is InChI=1S/C18H17Cl2N3O/c19-15-4-3-5-16(20)14(15)7-8-18(24)23-12-10-22(11-13-23)17-6-1-2-9-21-17/h1-9H,10-13H2/b8-7+. The number of halogens is 2. The number of rotatable bonds is 3. The number of anilines is 1. The molecular formula is C18H17Cl2N3O. The summed E-state index contributed by atoms with van der Waals surface area (Å²) in [4.78, 5) is 20.7. The Balaban J connectivity index is 1.60. The van der Waals surface area contributed by atoms with Gasteiger partial charge in [0.25, 0.3) is 0 Å². The van der Waals surface area contributed by atoms with Gasteiger partial charge in [0.1, 0.15) is 5.82 Å². The van der Waals surface area contributed by atoms with Gasteiger partial charge in [-0.1, -0.05) is 35.3 Å². The molecule has 0 N–H and O–H groups in total. The summed E-state index contributed by atoms with van der Waals surface area (Å²) < 4.78 is 0. The number of nitrogens with zero attached hydrogens (tertiary/aromatic N) is 3. The van der Waals surface area contributed by atoms with Crippen LogP contribution in [0.15, 0.2) is 48.7 Å². The first-order valence-corrected chi connectivity index (χ1v) is 8.48. The number of aromatic nitrogens is 1. The monoisotopic (exact) mass is 361 g/mol. The average molecular weight is 362 g/mol. The van der Waals surface area contributed by atoms with Crippen LogP contribution in [-0.4, -0.2) is 42.0 Å². The number of piperazine rings is 1. The van der Waals surface area contributed by atoms with E-state index in [9.17, 15) is 4.79 Å². The van der Waals surface area contributed by atoms with Crippen LogP contribution in [0.3, 0.4) is 0 Å². The van der Waals surface area contributed by atoms with Crippen LogP contribution in [0.5, 0.6) is 0 Å². The number of hydrogen-bond donors (Lipinski definition) is 0. The third kappa shape index (κ3) is 3.89. The Morgan fingerprint density at radius 2 is 1.71 bits per heavy atom.